The maximum atomic E-state index is 12.5. The van der Waals surface area contributed by atoms with Crippen molar-refractivity contribution < 1.29 is 17.9 Å². The smallest absolute Gasteiger partial charge is 0.371 e. The molecule has 0 radical (unpaired) electrons. The van der Waals surface area contributed by atoms with Gasteiger partial charge in [0, 0.05) is 13.1 Å². The van der Waals surface area contributed by atoms with Crippen LogP contribution in [0.5, 0.6) is 0 Å². The molecule has 0 amide bonds. The number of morpholine rings is 1. The molecule has 0 bridgehead atoms. The van der Waals surface area contributed by atoms with E-state index in [1.165, 1.54) is 0 Å². The van der Waals surface area contributed by atoms with Crippen LogP contribution in [0.15, 0.2) is 30.3 Å². The highest BCUT2D eigenvalue weighted by Crippen LogP contribution is 2.29. The quantitative estimate of drug-likeness (QED) is 0.689. The van der Waals surface area contributed by atoms with Crippen LogP contribution >= 0.6 is 0 Å². The molecule has 1 unspecified atom stereocenters. The van der Waals surface area contributed by atoms with Crippen LogP contribution < -0.4 is 0 Å². The highest BCUT2D eigenvalue weighted by Gasteiger charge is 2.40. The topological polar surface area (TPSA) is 12.5 Å². The zero-order valence-corrected chi connectivity index (χ0v) is 8.57. The molecule has 0 aromatic heterocycles. The van der Waals surface area contributed by atoms with E-state index in [9.17, 15) is 13.2 Å². The average molecular weight is 231 g/mol. The van der Waals surface area contributed by atoms with E-state index in [2.05, 4.69) is 0 Å². The minimum absolute atomic E-state index is 0.0904. The number of hydrogen-bond donors (Lipinski definition) is 0. The van der Waals surface area contributed by atoms with Crippen molar-refractivity contribution in [2.75, 3.05) is 19.7 Å². The molecule has 0 aliphatic carbocycles. The summed E-state index contributed by atoms with van der Waals surface area (Å²) in [4.78, 5) is 0.494. The van der Waals surface area contributed by atoms with Gasteiger partial charge in [0.05, 0.1) is 12.7 Å². The predicted molar refractivity (Wildman–Crippen MR) is 52.8 cm³/mol. The van der Waals surface area contributed by atoms with Crippen LogP contribution in [-0.2, 0) is 4.74 Å². The van der Waals surface area contributed by atoms with Gasteiger partial charge in [0.2, 0.25) is 0 Å². The third-order valence-electron chi connectivity index (χ3n) is 2.60. The number of halogens is 3. The summed E-state index contributed by atoms with van der Waals surface area (Å²) in [5.41, 5.74) is 0.788. The summed E-state index contributed by atoms with van der Waals surface area (Å²) >= 11 is 0. The van der Waals surface area contributed by atoms with E-state index in [1.807, 2.05) is 6.07 Å². The molecule has 16 heavy (non-hydrogen) atoms. The van der Waals surface area contributed by atoms with E-state index >= 15 is 0 Å². The third kappa shape index (κ3) is 2.54. The average Bonchev–Trinajstić information content (AvgIpc) is 2.29. The largest absolute Gasteiger partial charge is 0.460 e. The summed E-state index contributed by atoms with van der Waals surface area (Å²) in [5.74, 6) is 0. The fourth-order valence-electron chi connectivity index (χ4n) is 1.75. The van der Waals surface area contributed by atoms with E-state index in [0.29, 0.717) is 4.90 Å². The van der Waals surface area contributed by atoms with Crippen molar-refractivity contribution in [1.82, 2.24) is 4.90 Å². The van der Waals surface area contributed by atoms with Crippen molar-refractivity contribution in [3.8, 4) is 0 Å². The zero-order chi connectivity index (χ0) is 11.6. The molecule has 0 spiro atoms. The molecule has 0 N–H and O–H groups in total. The van der Waals surface area contributed by atoms with E-state index in [0.717, 1.165) is 5.56 Å². The van der Waals surface area contributed by atoms with Crippen LogP contribution in [0.4, 0.5) is 13.2 Å². The number of ether oxygens (including phenoxy) is 1. The Hall–Kier alpha value is -1.07. The molecule has 0 saturated carbocycles. The summed E-state index contributed by atoms with van der Waals surface area (Å²) in [6.45, 7) is -0.112. The van der Waals surface area contributed by atoms with Gasteiger partial charge in [-0.3, -0.25) is 0 Å². The summed E-state index contributed by atoms with van der Waals surface area (Å²) in [5, 5.41) is 0. The molecule has 1 fully saturated rings. The maximum Gasteiger partial charge on any atom is 0.460 e. The van der Waals surface area contributed by atoms with Gasteiger partial charge in [-0.15, -0.1) is 0 Å². The van der Waals surface area contributed by atoms with E-state index in [1.54, 1.807) is 24.3 Å². The fraction of sp³-hybridized carbons (Fsp3) is 0.455. The Morgan fingerprint density at radius 2 is 1.88 bits per heavy atom. The fourth-order valence-corrected chi connectivity index (χ4v) is 1.75. The first-order valence-corrected chi connectivity index (χ1v) is 5.05. The molecule has 1 aliphatic rings. The van der Waals surface area contributed by atoms with Crippen molar-refractivity contribution in [3.05, 3.63) is 35.9 Å². The third-order valence-corrected chi connectivity index (χ3v) is 2.60. The molecule has 1 saturated heterocycles. The Morgan fingerprint density at radius 1 is 1.19 bits per heavy atom. The minimum atomic E-state index is -4.27. The lowest BCUT2D eigenvalue weighted by molar-refractivity contribution is -0.267. The zero-order valence-electron chi connectivity index (χ0n) is 8.57. The van der Waals surface area contributed by atoms with Crippen molar-refractivity contribution in [1.29, 1.82) is 0 Å². The van der Waals surface area contributed by atoms with Crippen molar-refractivity contribution >= 4 is 0 Å². The highest BCUT2D eigenvalue weighted by molar-refractivity contribution is 5.18. The summed E-state index contributed by atoms with van der Waals surface area (Å²) in [6, 6.07) is 8.99. The lowest BCUT2D eigenvalue weighted by atomic mass is 10.1. The van der Waals surface area contributed by atoms with Gasteiger partial charge in [0.15, 0.2) is 0 Å². The number of benzene rings is 1. The lowest BCUT2D eigenvalue weighted by Gasteiger charge is -2.34. The Kier molecular flexibility index (Phi) is 3.16. The summed E-state index contributed by atoms with van der Waals surface area (Å²) in [6.07, 6.45) is -4.76. The van der Waals surface area contributed by atoms with Crippen LogP contribution in [0, 0.1) is 0 Å². The van der Waals surface area contributed by atoms with E-state index in [-0.39, 0.29) is 19.7 Å². The van der Waals surface area contributed by atoms with E-state index < -0.39 is 12.4 Å². The van der Waals surface area contributed by atoms with Gasteiger partial charge in [-0.05, 0) is 5.56 Å². The monoisotopic (exact) mass is 231 g/mol. The molecule has 5 heteroatoms. The number of rotatable bonds is 1. The first kappa shape index (κ1) is 11.4. The van der Waals surface area contributed by atoms with Crippen molar-refractivity contribution in [3.63, 3.8) is 0 Å². The van der Waals surface area contributed by atoms with E-state index in [4.69, 9.17) is 4.74 Å². The number of hydrogen-bond acceptors (Lipinski definition) is 2. The molecule has 1 heterocycles. The second-order valence-electron chi connectivity index (χ2n) is 3.68. The Labute approximate surface area is 91.6 Å². The van der Waals surface area contributed by atoms with Crippen LogP contribution in [0.1, 0.15) is 11.7 Å². The molecular formula is C11H12F3NO. The molecule has 1 aliphatic heterocycles. The molecule has 1 aromatic carbocycles. The Bertz CT molecular complexity index is 339. The van der Waals surface area contributed by atoms with Crippen molar-refractivity contribution in [2.45, 2.75) is 12.4 Å². The molecule has 88 valence electrons. The number of nitrogens with zero attached hydrogens (tertiary/aromatic N) is 1. The molecule has 1 aromatic rings. The second kappa shape index (κ2) is 4.43. The first-order chi connectivity index (χ1) is 7.57. The standard InChI is InChI=1S/C11H12F3NO/c12-11(13,14)15-6-7-16-10(8-15)9-4-2-1-3-5-9/h1-5,10H,6-8H2. The van der Waals surface area contributed by atoms with Gasteiger partial charge in [0.25, 0.3) is 0 Å². The molecule has 2 rings (SSSR count). The van der Waals surface area contributed by atoms with Crippen molar-refractivity contribution in [2.24, 2.45) is 0 Å². The molecule has 1 atom stereocenters. The Morgan fingerprint density at radius 3 is 2.50 bits per heavy atom. The summed E-state index contributed by atoms with van der Waals surface area (Å²) < 4.78 is 42.8. The van der Waals surface area contributed by atoms with Gasteiger partial charge in [-0.2, -0.15) is 13.2 Å². The minimum Gasteiger partial charge on any atom is -0.371 e. The van der Waals surface area contributed by atoms with Gasteiger partial charge < -0.3 is 4.74 Å². The van der Waals surface area contributed by atoms with Crippen LogP contribution in [0.25, 0.3) is 0 Å². The molecular weight excluding hydrogens is 219 g/mol. The van der Waals surface area contributed by atoms with Crippen LogP contribution in [0.2, 0.25) is 0 Å². The number of alkyl halides is 3. The van der Waals surface area contributed by atoms with Crippen LogP contribution in [0.3, 0.4) is 0 Å². The Balaban J connectivity index is 2.08. The van der Waals surface area contributed by atoms with Gasteiger partial charge in [-0.1, -0.05) is 30.3 Å². The highest BCUT2D eigenvalue weighted by atomic mass is 19.4. The lowest BCUT2D eigenvalue weighted by Crippen LogP contribution is -2.46. The van der Waals surface area contributed by atoms with Gasteiger partial charge >= 0.3 is 6.30 Å². The maximum absolute atomic E-state index is 12.5. The normalized spacial score (nSPS) is 23.3. The summed E-state index contributed by atoms with van der Waals surface area (Å²) in [7, 11) is 0. The van der Waals surface area contributed by atoms with Gasteiger partial charge in [-0.25, -0.2) is 4.90 Å². The first-order valence-electron chi connectivity index (χ1n) is 5.05. The van der Waals surface area contributed by atoms with Crippen LogP contribution in [-0.4, -0.2) is 30.9 Å². The predicted octanol–water partition coefficient (Wildman–Crippen LogP) is 2.58. The molecule has 2 nitrogen and oxygen atoms in total. The SMILES string of the molecule is FC(F)(F)N1CCOC(c2ccccc2)C1. The second-order valence-corrected chi connectivity index (χ2v) is 3.68. The van der Waals surface area contributed by atoms with Gasteiger partial charge in [0.1, 0.15) is 0 Å².